The van der Waals surface area contributed by atoms with Crippen molar-refractivity contribution >= 4 is 23.9 Å². The summed E-state index contributed by atoms with van der Waals surface area (Å²) in [6.07, 6.45) is 0.734. The summed E-state index contributed by atoms with van der Waals surface area (Å²) in [5.74, 6) is -1.11. The molecule has 0 bridgehead atoms. The maximum Gasteiger partial charge on any atom is 0.437 e. The quantitative estimate of drug-likeness (QED) is 0.471. The number of nitrogens with one attached hydrogen (secondary N) is 1. The minimum absolute atomic E-state index is 0.0178. The van der Waals surface area contributed by atoms with Gasteiger partial charge in [-0.1, -0.05) is 18.2 Å². The van der Waals surface area contributed by atoms with Gasteiger partial charge < -0.3 is 26.4 Å². The number of carbonyl (C=O) groups excluding carboxylic acids is 3. The minimum Gasteiger partial charge on any atom is -0.443 e. The van der Waals surface area contributed by atoms with Crippen LogP contribution < -0.4 is 16.8 Å². The number of hydrogen-bond donors (Lipinski definition) is 3. The lowest BCUT2D eigenvalue weighted by Crippen LogP contribution is -2.46. The molecule has 10 heteroatoms. The molecule has 0 atom stereocenters. The zero-order chi connectivity index (χ0) is 21.4. The Labute approximate surface area is 168 Å². The van der Waals surface area contributed by atoms with Crippen molar-refractivity contribution in [2.24, 2.45) is 16.5 Å². The summed E-state index contributed by atoms with van der Waals surface area (Å²) < 4.78 is 19.4. The van der Waals surface area contributed by atoms with Crippen LogP contribution in [-0.4, -0.2) is 47.9 Å². The molecule has 1 heterocycles. The normalized spacial score (nSPS) is 14.2. The smallest absolute Gasteiger partial charge is 0.437 e. The van der Waals surface area contributed by atoms with Crippen molar-refractivity contribution in [1.29, 1.82) is 0 Å². The van der Waals surface area contributed by atoms with Crippen LogP contribution >= 0.6 is 0 Å². The van der Waals surface area contributed by atoms with Gasteiger partial charge in [-0.2, -0.15) is 0 Å². The van der Waals surface area contributed by atoms with E-state index in [2.05, 4.69) is 10.3 Å². The van der Waals surface area contributed by atoms with Crippen LogP contribution in [0, 0.1) is 5.82 Å². The van der Waals surface area contributed by atoms with Gasteiger partial charge in [-0.15, -0.1) is 4.99 Å². The number of nitrogens with zero attached hydrogens (tertiary/aromatic N) is 2. The van der Waals surface area contributed by atoms with Crippen molar-refractivity contribution < 1.29 is 23.5 Å². The van der Waals surface area contributed by atoms with Gasteiger partial charge in [0.25, 0.3) is 0 Å². The summed E-state index contributed by atoms with van der Waals surface area (Å²) in [6, 6.07) is 4.70. The molecule has 1 fully saturated rings. The number of aliphatic imine (C=N–C) groups is 1. The van der Waals surface area contributed by atoms with Gasteiger partial charge in [0, 0.05) is 38.0 Å². The predicted octanol–water partition coefficient (Wildman–Crippen LogP) is 0.795. The number of carbonyl (C=O) groups is 3. The largest absolute Gasteiger partial charge is 0.443 e. The number of benzene rings is 1. The Morgan fingerprint density at radius 1 is 1.24 bits per heavy atom. The number of rotatable bonds is 6. The van der Waals surface area contributed by atoms with Gasteiger partial charge in [0.1, 0.15) is 12.4 Å². The first kappa shape index (κ1) is 22.1. The van der Waals surface area contributed by atoms with Crippen LogP contribution in [0.5, 0.6) is 0 Å². The average molecular weight is 407 g/mol. The molecule has 1 saturated heterocycles. The van der Waals surface area contributed by atoms with Crippen molar-refractivity contribution in [3.63, 3.8) is 0 Å². The van der Waals surface area contributed by atoms with Crippen LogP contribution in [0.1, 0.15) is 37.3 Å². The van der Waals surface area contributed by atoms with Crippen LogP contribution in [0.25, 0.3) is 0 Å². The molecule has 1 aromatic rings. The molecule has 0 radical (unpaired) electrons. The van der Waals surface area contributed by atoms with E-state index in [0.29, 0.717) is 31.5 Å². The number of nitrogens with two attached hydrogens (primary N) is 2. The summed E-state index contributed by atoms with van der Waals surface area (Å²) in [5, 5.41) is 2.93. The van der Waals surface area contributed by atoms with Gasteiger partial charge in [-0.05, 0) is 24.8 Å². The summed E-state index contributed by atoms with van der Waals surface area (Å²) in [5.41, 5.74) is 10.7. The zero-order valence-electron chi connectivity index (χ0n) is 16.3. The molecular formula is C19H26FN5O4. The Kier molecular flexibility index (Phi) is 7.93. The Bertz CT molecular complexity index is 787. The van der Waals surface area contributed by atoms with Gasteiger partial charge in [0.05, 0.1) is 0 Å². The highest BCUT2D eigenvalue weighted by Gasteiger charge is 2.22. The standard InChI is InChI=1S/C19H26FN5O4/c1-12(26)25-9-7-15(8-10-25)23-16(27)6-5-13-3-2-4-14(17(13)20)11-29-19(28)24-18(21)22/h2-4,15H,5-11H2,1H3,(H,23,27)(H4,21,22,24,28). The topological polar surface area (TPSA) is 140 Å². The molecule has 9 nitrogen and oxygen atoms in total. The van der Waals surface area contributed by atoms with Gasteiger partial charge in [-0.25, -0.2) is 9.18 Å². The first-order valence-electron chi connectivity index (χ1n) is 9.33. The third-order valence-corrected chi connectivity index (χ3v) is 4.66. The van der Waals surface area contributed by atoms with Crippen molar-refractivity contribution in [1.82, 2.24) is 10.2 Å². The van der Waals surface area contributed by atoms with Gasteiger partial charge >= 0.3 is 6.09 Å². The van der Waals surface area contributed by atoms with E-state index in [4.69, 9.17) is 16.2 Å². The fourth-order valence-electron chi connectivity index (χ4n) is 3.10. The molecule has 2 rings (SSSR count). The Morgan fingerprint density at radius 2 is 1.90 bits per heavy atom. The van der Waals surface area contributed by atoms with Gasteiger partial charge in [0.2, 0.25) is 11.8 Å². The number of likely N-dealkylation sites (tertiary alicyclic amines) is 1. The second-order valence-corrected chi connectivity index (χ2v) is 6.83. The van der Waals surface area contributed by atoms with Gasteiger partial charge in [-0.3, -0.25) is 9.59 Å². The maximum absolute atomic E-state index is 14.6. The molecule has 158 valence electrons. The number of piperidine rings is 1. The Balaban J connectivity index is 1.83. The van der Waals surface area contributed by atoms with E-state index in [1.165, 1.54) is 13.0 Å². The van der Waals surface area contributed by atoms with E-state index in [9.17, 15) is 18.8 Å². The number of hydrogen-bond acceptors (Lipinski definition) is 4. The number of aryl methyl sites for hydroxylation is 1. The fourth-order valence-corrected chi connectivity index (χ4v) is 3.10. The third-order valence-electron chi connectivity index (χ3n) is 4.66. The van der Waals surface area contributed by atoms with Crippen molar-refractivity contribution in [2.45, 2.75) is 45.3 Å². The molecule has 0 spiro atoms. The van der Waals surface area contributed by atoms with E-state index in [1.807, 2.05) is 0 Å². The summed E-state index contributed by atoms with van der Waals surface area (Å²) >= 11 is 0. The first-order valence-corrected chi connectivity index (χ1v) is 9.33. The molecule has 0 saturated carbocycles. The maximum atomic E-state index is 14.6. The third kappa shape index (κ3) is 7.05. The van der Waals surface area contributed by atoms with Crippen molar-refractivity contribution in [3.05, 3.63) is 35.1 Å². The SMILES string of the molecule is CC(=O)N1CCC(NC(=O)CCc2cccc(COC(=O)N=C(N)N)c2F)CC1. The van der Waals surface area contributed by atoms with E-state index < -0.39 is 17.9 Å². The molecule has 0 unspecified atom stereocenters. The fraction of sp³-hybridized carbons (Fsp3) is 0.474. The van der Waals surface area contributed by atoms with E-state index in [-0.39, 0.29) is 42.9 Å². The van der Waals surface area contributed by atoms with Crippen LogP contribution in [0.3, 0.4) is 0 Å². The lowest BCUT2D eigenvalue weighted by Gasteiger charge is -2.31. The van der Waals surface area contributed by atoms with Crippen LogP contribution in [-0.2, 0) is 27.4 Å². The second kappa shape index (κ2) is 10.4. The van der Waals surface area contributed by atoms with Crippen LogP contribution in [0.15, 0.2) is 23.2 Å². The highest BCUT2D eigenvalue weighted by atomic mass is 19.1. The summed E-state index contributed by atoms with van der Waals surface area (Å²) in [6.45, 7) is 2.45. The van der Waals surface area contributed by atoms with E-state index in [0.717, 1.165) is 0 Å². The molecule has 0 aliphatic carbocycles. The number of guanidine groups is 1. The molecular weight excluding hydrogens is 381 g/mol. The molecule has 0 aromatic heterocycles. The Morgan fingerprint density at radius 3 is 2.52 bits per heavy atom. The lowest BCUT2D eigenvalue weighted by atomic mass is 10.0. The second-order valence-electron chi connectivity index (χ2n) is 6.83. The number of amides is 3. The molecule has 5 N–H and O–H groups in total. The first-order chi connectivity index (χ1) is 13.8. The molecule has 3 amide bonds. The zero-order valence-corrected chi connectivity index (χ0v) is 16.3. The summed E-state index contributed by atoms with van der Waals surface area (Å²) in [7, 11) is 0. The lowest BCUT2D eigenvalue weighted by molar-refractivity contribution is -0.130. The van der Waals surface area contributed by atoms with Crippen LogP contribution in [0.4, 0.5) is 9.18 Å². The number of ether oxygens (including phenoxy) is 1. The van der Waals surface area contributed by atoms with E-state index in [1.54, 1.807) is 17.0 Å². The molecule has 1 aliphatic rings. The minimum atomic E-state index is -1.01. The number of halogens is 1. The van der Waals surface area contributed by atoms with E-state index >= 15 is 0 Å². The van der Waals surface area contributed by atoms with Gasteiger partial charge in [0.15, 0.2) is 5.96 Å². The summed E-state index contributed by atoms with van der Waals surface area (Å²) in [4.78, 5) is 39.8. The average Bonchev–Trinajstić information content (AvgIpc) is 2.66. The monoisotopic (exact) mass is 407 g/mol. The highest BCUT2D eigenvalue weighted by Crippen LogP contribution is 2.17. The molecule has 29 heavy (non-hydrogen) atoms. The van der Waals surface area contributed by atoms with Crippen molar-refractivity contribution in [3.8, 4) is 0 Å². The molecule has 1 aliphatic heterocycles. The Hall–Kier alpha value is -3.17. The van der Waals surface area contributed by atoms with Crippen LogP contribution in [0.2, 0.25) is 0 Å². The molecule has 1 aromatic carbocycles. The van der Waals surface area contributed by atoms with Crippen molar-refractivity contribution in [2.75, 3.05) is 13.1 Å². The predicted molar refractivity (Wildman–Crippen MR) is 104 cm³/mol. The highest BCUT2D eigenvalue weighted by molar-refractivity contribution is 5.87.